The van der Waals surface area contributed by atoms with Crippen molar-refractivity contribution in [2.24, 2.45) is 5.92 Å². The van der Waals surface area contributed by atoms with Crippen LogP contribution in [0.1, 0.15) is 24.8 Å². The summed E-state index contributed by atoms with van der Waals surface area (Å²) in [6.45, 7) is 2.68. The SMILES string of the molecule is O=C(NCCCc1ccc(Cl)cc1)C1CCNCC1. The fourth-order valence-corrected chi connectivity index (χ4v) is 2.51. The zero-order valence-corrected chi connectivity index (χ0v) is 11.9. The van der Waals surface area contributed by atoms with Crippen molar-refractivity contribution < 1.29 is 4.79 Å². The van der Waals surface area contributed by atoms with Gasteiger partial charge in [0.1, 0.15) is 0 Å². The summed E-state index contributed by atoms with van der Waals surface area (Å²) in [5.74, 6) is 0.425. The molecule has 4 heteroatoms. The lowest BCUT2D eigenvalue weighted by Crippen LogP contribution is -2.38. The minimum Gasteiger partial charge on any atom is -0.356 e. The molecule has 0 saturated carbocycles. The highest BCUT2D eigenvalue weighted by Crippen LogP contribution is 2.12. The van der Waals surface area contributed by atoms with Crippen LogP contribution in [0, 0.1) is 5.92 Å². The number of aryl methyl sites for hydroxylation is 1. The molecule has 0 bridgehead atoms. The number of hydrogen-bond acceptors (Lipinski definition) is 2. The van der Waals surface area contributed by atoms with Crippen LogP contribution in [0.5, 0.6) is 0 Å². The third kappa shape index (κ3) is 4.84. The van der Waals surface area contributed by atoms with Gasteiger partial charge in [-0.25, -0.2) is 0 Å². The molecule has 1 saturated heterocycles. The molecule has 1 aliphatic heterocycles. The van der Waals surface area contributed by atoms with Crippen LogP contribution in [-0.4, -0.2) is 25.5 Å². The highest BCUT2D eigenvalue weighted by atomic mass is 35.5. The summed E-state index contributed by atoms with van der Waals surface area (Å²) >= 11 is 5.84. The molecule has 0 unspecified atom stereocenters. The Hall–Kier alpha value is -1.06. The van der Waals surface area contributed by atoms with Gasteiger partial charge in [0.25, 0.3) is 0 Å². The number of amides is 1. The van der Waals surface area contributed by atoms with Crippen molar-refractivity contribution in [3.8, 4) is 0 Å². The Morgan fingerprint density at radius 1 is 1.26 bits per heavy atom. The van der Waals surface area contributed by atoms with E-state index in [1.54, 1.807) is 0 Å². The Kier molecular flexibility index (Phi) is 5.67. The summed E-state index contributed by atoms with van der Waals surface area (Å²) in [6.07, 6.45) is 3.87. The quantitative estimate of drug-likeness (QED) is 0.813. The van der Waals surface area contributed by atoms with Crippen LogP contribution < -0.4 is 10.6 Å². The predicted molar refractivity (Wildman–Crippen MR) is 78.4 cm³/mol. The number of nitrogens with one attached hydrogen (secondary N) is 2. The fraction of sp³-hybridized carbons (Fsp3) is 0.533. The van der Waals surface area contributed by atoms with Crippen molar-refractivity contribution in [1.82, 2.24) is 10.6 Å². The van der Waals surface area contributed by atoms with Gasteiger partial charge in [0.2, 0.25) is 5.91 Å². The van der Waals surface area contributed by atoms with Crippen LogP contribution in [-0.2, 0) is 11.2 Å². The van der Waals surface area contributed by atoms with Crippen LogP contribution in [0.2, 0.25) is 5.02 Å². The summed E-state index contributed by atoms with van der Waals surface area (Å²) in [6, 6.07) is 7.89. The largest absolute Gasteiger partial charge is 0.356 e. The van der Waals surface area contributed by atoms with Crippen LogP contribution in [0.3, 0.4) is 0 Å². The topological polar surface area (TPSA) is 41.1 Å². The van der Waals surface area contributed by atoms with Gasteiger partial charge in [-0.2, -0.15) is 0 Å². The number of carbonyl (C=O) groups excluding carboxylic acids is 1. The van der Waals surface area contributed by atoms with Crippen LogP contribution >= 0.6 is 11.6 Å². The lowest BCUT2D eigenvalue weighted by molar-refractivity contribution is -0.125. The van der Waals surface area contributed by atoms with Gasteiger partial charge >= 0.3 is 0 Å². The summed E-state index contributed by atoms with van der Waals surface area (Å²) < 4.78 is 0. The van der Waals surface area contributed by atoms with Gasteiger partial charge in [0.05, 0.1) is 0 Å². The second-order valence-corrected chi connectivity index (χ2v) is 5.48. The highest BCUT2D eigenvalue weighted by Gasteiger charge is 2.19. The lowest BCUT2D eigenvalue weighted by Gasteiger charge is -2.21. The average molecular weight is 281 g/mol. The van der Waals surface area contributed by atoms with E-state index in [9.17, 15) is 4.79 Å². The smallest absolute Gasteiger partial charge is 0.223 e. The van der Waals surface area contributed by atoms with Gasteiger partial charge in [-0.05, 0) is 56.5 Å². The molecular formula is C15H21ClN2O. The highest BCUT2D eigenvalue weighted by molar-refractivity contribution is 6.30. The molecule has 3 nitrogen and oxygen atoms in total. The molecule has 0 atom stereocenters. The average Bonchev–Trinajstić information content (AvgIpc) is 2.46. The van der Waals surface area contributed by atoms with E-state index in [1.165, 1.54) is 5.56 Å². The van der Waals surface area contributed by atoms with E-state index in [-0.39, 0.29) is 11.8 Å². The Morgan fingerprint density at radius 3 is 2.63 bits per heavy atom. The molecule has 1 aromatic rings. The number of hydrogen-bond donors (Lipinski definition) is 2. The molecule has 0 spiro atoms. The van der Waals surface area contributed by atoms with Gasteiger partial charge in [-0.15, -0.1) is 0 Å². The van der Waals surface area contributed by atoms with Crippen molar-refractivity contribution in [1.29, 1.82) is 0 Å². The molecule has 2 rings (SSSR count). The predicted octanol–water partition coefficient (Wildman–Crippen LogP) is 2.39. The number of halogens is 1. The van der Waals surface area contributed by atoms with Crippen molar-refractivity contribution in [2.45, 2.75) is 25.7 Å². The molecule has 1 amide bonds. The fourth-order valence-electron chi connectivity index (χ4n) is 2.38. The van der Waals surface area contributed by atoms with Crippen LogP contribution in [0.4, 0.5) is 0 Å². The molecule has 104 valence electrons. The minimum absolute atomic E-state index is 0.205. The van der Waals surface area contributed by atoms with E-state index in [0.29, 0.717) is 0 Å². The number of carbonyl (C=O) groups is 1. The van der Waals surface area contributed by atoms with Crippen molar-refractivity contribution >= 4 is 17.5 Å². The molecule has 0 aliphatic carbocycles. The summed E-state index contributed by atoms with van der Waals surface area (Å²) in [4.78, 5) is 11.9. The first-order valence-corrected chi connectivity index (χ1v) is 7.36. The Labute approximate surface area is 119 Å². The second-order valence-electron chi connectivity index (χ2n) is 5.05. The number of benzene rings is 1. The zero-order valence-electron chi connectivity index (χ0n) is 11.1. The van der Waals surface area contributed by atoms with Gasteiger partial charge in [-0.1, -0.05) is 23.7 Å². The van der Waals surface area contributed by atoms with Crippen LogP contribution in [0.25, 0.3) is 0 Å². The first-order valence-electron chi connectivity index (χ1n) is 6.98. The number of rotatable bonds is 5. The van der Waals surface area contributed by atoms with E-state index in [0.717, 1.165) is 50.3 Å². The van der Waals surface area contributed by atoms with E-state index in [2.05, 4.69) is 10.6 Å². The maximum absolute atomic E-state index is 11.9. The molecular weight excluding hydrogens is 260 g/mol. The Morgan fingerprint density at radius 2 is 1.95 bits per heavy atom. The third-order valence-corrected chi connectivity index (χ3v) is 3.82. The first kappa shape index (κ1) is 14.4. The summed E-state index contributed by atoms with van der Waals surface area (Å²) in [7, 11) is 0. The molecule has 0 aromatic heterocycles. The molecule has 1 fully saturated rings. The van der Waals surface area contributed by atoms with Crippen molar-refractivity contribution in [3.63, 3.8) is 0 Å². The Balaban J connectivity index is 1.63. The van der Waals surface area contributed by atoms with Crippen molar-refractivity contribution in [3.05, 3.63) is 34.9 Å². The standard InChI is InChI=1S/C15H21ClN2O/c16-14-5-3-12(4-6-14)2-1-9-18-15(19)13-7-10-17-11-8-13/h3-6,13,17H,1-2,7-11H2,(H,18,19). The van der Waals surface area contributed by atoms with Gasteiger partial charge in [0, 0.05) is 17.5 Å². The second kappa shape index (κ2) is 7.51. The third-order valence-electron chi connectivity index (χ3n) is 3.56. The van der Waals surface area contributed by atoms with E-state index >= 15 is 0 Å². The zero-order chi connectivity index (χ0) is 13.5. The Bertz CT molecular complexity index is 399. The van der Waals surface area contributed by atoms with E-state index in [1.807, 2.05) is 24.3 Å². The molecule has 1 aliphatic rings. The van der Waals surface area contributed by atoms with Crippen LogP contribution in [0.15, 0.2) is 24.3 Å². The molecule has 1 aromatic carbocycles. The maximum atomic E-state index is 11.9. The van der Waals surface area contributed by atoms with E-state index in [4.69, 9.17) is 11.6 Å². The maximum Gasteiger partial charge on any atom is 0.223 e. The van der Waals surface area contributed by atoms with E-state index < -0.39 is 0 Å². The normalized spacial score (nSPS) is 16.3. The minimum atomic E-state index is 0.205. The molecule has 2 N–H and O–H groups in total. The summed E-state index contributed by atoms with van der Waals surface area (Å²) in [5.41, 5.74) is 1.26. The lowest BCUT2D eigenvalue weighted by atomic mass is 9.97. The summed E-state index contributed by atoms with van der Waals surface area (Å²) in [5, 5.41) is 7.08. The molecule has 0 radical (unpaired) electrons. The van der Waals surface area contributed by atoms with Gasteiger partial charge in [-0.3, -0.25) is 4.79 Å². The number of piperidine rings is 1. The van der Waals surface area contributed by atoms with Crippen molar-refractivity contribution in [2.75, 3.05) is 19.6 Å². The molecule has 19 heavy (non-hydrogen) atoms. The first-order chi connectivity index (χ1) is 9.25. The van der Waals surface area contributed by atoms with Gasteiger partial charge in [0.15, 0.2) is 0 Å². The molecule has 1 heterocycles. The van der Waals surface area contributed by atoms with Gasteiger partial charge < -0.3 is 10.6 Å². The monoisotopic (exact) mass is 280 g/mol.